The molecule has 5 rings (SSSR count). The van der Waals surface area contributed by atoms with Gasteiger partial charge in [-0.15, -0.1) is 0 Å². The number of benzene rings is 3. The highest BCUT2D eigenvalue weighted by Crippen LogP contribution is 2.27. The summed E-state index contributed by atoms with van der Waals surface area (Å²) in [6.07, 6.45) is 0. The molecule has 8 heteroatoms. The molecule has 30 heavy (non-hydrogen) atoms. The van der Waals surface area contributed by atoms with Crippen LogP contribution in [0.15, 0.2) is 63.0 Å². The van der Waals surface area contributed by atoms with Gasteiger partial charge in [0.05, 0.1) is 27.5 Å². The van der Waals surface area contributed by atoms with Gasteiger partial charge >= 0.3 is 0 Å². The van der Waals surface area contributed by atoms with E-state index >= 15 is 0 Å². The Bertz CT molecular complexity index is 1780. The summed E-state index contributed by atoms with van der Waals surface area (Å²) in [6.45, 7) is 1.70. The lowest BCUT2D eigenvalue weighted by atomic mass is 10.0. The molecule has 0 bridgehead atoms. The highest BCUT2D eigenvalue weighted by atomic mass is 32.2. The van der Waals surface area contributed by atoms with Gasteiger partial charge in [-0.05, 0) is 42.8 Å². The number of aromatic nitrogens is 2. The van der Waals surface area contributed by atoms with Crippen LogP contribution in [0.25, 0.3) is 43.6 Å². The van der Waals surface area contributed by atoms with Crippen molar-refractivity contribution in [2.75, 3.05) is 0 Å². The van der Waals surface area contributed by atoms with Crippen LogP contribution in [0.5, 0.6) is 0 Å². The van der Waals surface area contributed by atoms with Crippen LogP contribution in [0.3, 0.4) is 0 Å². The molecular weight excluding hydrogens is 404 g/mol. The number of pyridine rings is 2. The number of para-hydroxylation sites is 1. The number of fused-ring (bicyclic) bond motifs is 4. The van der Waals surface area contributed by atoms with Gasteiger partial charge in [0.1, 0.15) is 4.90 Å². The average molecular weight is 420 g/mol. The van der Waals surface area contributed by atoms with E-state index < -0.39 is 10.1 Å². The molecule has 150 valence electrons. The first-order valence-electron chi connectivity index (χ1n) is 9.17. The van der Waals surface area contributed by atoms with Gasteiger partial charge in [0.2, 0.25) is 0 Å². The lowest BCUT2D eigenvalue weighted by molar-refractivity contribution is 0.484. The smallest absolute Gasteiger partial charge is 0.296 e. The fourth-order valence-corrected chi connectivity index (χ4v) is 4.81. The fraction of sp³-hybridized carbons (Fsp3) is 0.0909. The molecule has 0 aliphatic rings. The van der Waals surface area contributed by atoms with E-state index in [-0.39, 0.29) is 26.7 Å². The number of hydrogen-bond donors (Lipinski definition) is 2. The van der Waals surface area contributed by atoms with Crippen LogP contribution in [0.2, 0.25) is 0 Å². The van der Waals surface area contributed by atoms with E-state index in [4.69, 9.17) is 0 Å². The third kappa shape index (κ3) is 2.44. The Morgan fingerprint density at radius 3 is 2.37 bits per heavy atom. The van der Waals surface area contributed by atoms with E-state index in [0.717, 1.165) is 5.52 Å². The summed E-state index contributed by atoms with van der Waals surface area (Å²) in [5, 5.41) is 1.46. The fourth-order valence-electron chi connectivity index (χ4n) is 4.16. The molecule has 0 saturated heterocycles. The minimum Gasteiger partial charge on any atom is -0.353 e. The molecule has 2 N–H and O–H groups in total. The second-order valence-corrected chi connectivity index (χ2v) is 8.77. The number of nitrogens with one attached hydrogen (secondary N) is 1. The van der Waals surface area contributed by atoms with Gasteiger partial charge in [0.25, 0.3) is 10.1 Å². The van der Waals surface area contributed by atoms with E-state index in [9.17, 15) is 22.6 Å². The summed E-state index contributed by atoms with van der Waals surface area (Å²) >= 11 is 0. The molecule has 0 radical (unpaired) electrons. The number of nitrogens with zero attached hydrogens (tertiary/aromatic N) is 1. The summed E-state index contributed by atoms with van der Waals surface area (Å²) in [6, 6.07) is 13.2. The average Bonchev–Trinajstić information content (AvgIpc) is 2.70. The van der Waals surface area contributed by atoms with E-state index in [0.29, 0.717) is 32.8 Å². The third-order valence-corrected chi connectivity index (χ3v) is 6.53. The molecule has 0 spiro atoms. The normalized spacial score (nSPS) is 12.4. The Kier molecular flexibility index (Phi) is 3.71. The lowest BCUT2D eigenvalue weighted by Gasteiger charge is -2.13. The molecule has 0 aliphatic carbocycles. The number of aryl methyl sites for hydroxylation is 2. The van der Waals surface area contributed by atoms with Crippen LogP contribution in [-0.2, 0) is 17.2 Å². The maximum Gasteiger partial charge on any atom is 0.296 e. The molecule has 0 saturated carbocycles. The zero-order valence-electron chi connectivity index (χ0n) is 16.1. The van der Waals surface area contributed by atoms with Gasteiger partial charge < -0.3 is 9.55 Å². The Labute approximate surface area is 169 Å². The van der Waals surface area contributed by atoms with Crippen molar-refractivity contribution < 1.29 is 13.0 Å². The van der Waals surface area contributed by atoms with E-state index in [1.807, 2.05) is 23.7 Å². The molecule has 0 atom stereocenters. The summed E-state index contributed by atoms with van der Waals surface area (Å²) in [4.78, 5) is 29.0. The number of hydrogen-bond acceptors (Lipinski definition) is 4. The minimum atomic E-state index is -4.55. The summed E-state index contributed by atoms with van der Waals surface area (Å²) in [5.41, 5.74) is 1.71. The van der Waals surface area contributed by atoms with E-state index in [2.05, 4.69) is 4.98 Å². The van der Waals surface area contributed by atoms with Gasteiger partial charge in [-0.1, -0.05) is 18.2 Å². The SMILES string of the molecule is Cc1ccc(S(=O)(=O)O)c2[nH]c3cc4c(=O)c5ccccc5n(C)c4cc3c(=O)c12. The van der Waals surface area contributed by atoms with Crippen LogP contribution < -0.4 is 10.9 Å². The van der Waals surface area contributed by atoms with Crippen LogP contribution in [0.1, 0.15) is 5.56 Å². The molecule has 5 aromatic rings. The van der Waals surface area contributed by atoms with Crippen molar-refractivity contribution in [1.82, 2.24) is 9.55 Å². The van der Waals surface area contributed by atoms with Gasteiger partial charge in [-0.3, -0.25) is 14.1 Å². The maximum atomic E-state index is 13.3. The number of aromatic amines is 1. The van der Waals surface area contributed by atoms with Gasteiger partial charge in [-0.25, -0.2) is 0 Å². The summed E-state index contributed by atoms with van der Waals surface area (Å²) < 4.78 is 35.2. The predicted molar refractivity (Wildman–Crippen MR) is 117 cm³/mol. The first-order chi connectivity index (χ1) is 14.2. The van der Waals surface area contributed by atoms with E-state index in [1.54, 1.807) is 31.2 Å². The lowest BCUT2D eigenvalue weighted by Crippen LogP contribution is -2.13. The quantitative estimate of drug-likeness (QED) is 0.320. The molecule has 2 heterocycles. The summed E-state index contributed by atoms with van der Waals surface area (Å²) in [5.74, 6) is 0. The van der Waals surface area contributed by atoms with Crippen molar-refractivity contribution >= 4 is 53.7 Å². The van der Waals surface area contributed by atoms with Crippen molar-refractivity contribution in [3.8, 4) is 0 Å². The Balaban J connectivity index is 2.07. The van der Waals surface area contributed by atoms with Gasteiger partial charge in [-0.2, -0.15) is 8.42 Å². The second kappa shape index (κ2) is 6.01. The maximum absolute atomic E-state index is 13.3. The first-order valence-corrected chi connectivity index (χ1v) is 10.6. The highest BCUT2D eigenvalue weighted by Gasteiger charge is 2.20. The molecule has 3 aromatic carbocycles. The number of H-pyrrole nitrogens is 1. The second-order valence-electron chi connectivity index (χ2n) is 7.38. The van der Waals surface area contributed by atoms with Crippen molar-refractivity contribution in [2.24, 2.45) is 7.05 Å². The summed E-state index contributed by atoms with van der Waals surface area (Å²) in [7, 11) is -2.73. The molecule has 0 aliphatic heterocycles. The third-order valence-electron chi connectivity index (χ3n) is 5.64. The van der Waals surface area contributed by atoms with Crippen molar-refractivity contribution in [2.45, 2.75) is 11.8 Å². The zero-order valence-corrected chi connectivity index (χ0v) is 16.9. The Morgan fingerprint density at radius 2 is 1.63 bits per heavy atom. The predicted octanol–water partition coefficient (Wildman–Crippen LogP) is 3.24. The topological polar surface area (TPSA) is 109 Å². The van der Waals surface area contributed by atoms with Gasteiger partial charge in [0.15, 0.2) is 10.9 Å². The number of rotatable bonds is 1. The molecule has 0 fully saturated rings. The van der Waals surface area contributed by atoms with Crippen molar-refractivity contribution in [1.29, 1.82) is 0 Å². The van der Waals surface area contributed by atoms with Crippen molar-refractivity contribution in [3.63, 3.8) is 0 Å². The van der Waals surface area contributed by atoms with Crippen LogP contribution in [0, 0.1) is 6.92 Å². The monoisotopic (exact) mass is 420 g/mol. The molecule has 2 aromatic heterocycles. The van der Waals surface area contributed by atoms with Crippen LogP contribution in [-0.4, -0.2) is 22.5 Å². The zero-order chi connectivity index (χ0) is 21.4. The van der Waals surface area contributed by atoms with Crippen LogP contribution in [0.4, 0.5) is 0 Å². The first kappa shape index (κ1) is 18.5. The molecule has 0 unspecified atom stereocenters. The Morgan fingerprint density at radius 1 is 0.900 bits per heavy atom. The standard InChI is InChI=1S/C22H16N2O5S/c1-11-7-8-18(30(27,28)29)20-19(11)22(26)13-10-17-14(9-15(13)23-20)21(25)12-5-3-4-6-16(12)24(17)2/h3-10H,1-2H3,(H,23,26)(H,27,28,29). The molecular formula is C22H16N2O5S. The minimum absolute atomic E-state index is 0.0203. The van der Waals surface area contributed by atoms with Crippen LogP contribution >= 0.6 is 0 Å². The highest BCUT2D eigenvalue weighted by molar-refractivity contribution is 7.86. The Hall–Kier alpha value is -3.49. The van der Waals surface area contributed by atoms with Gasteiger partial charge in [0, 0.05) is 23.2 Å². The largest absolute Gasteiger partial charge is 0.353 e. The van der Waals surface area contributed by atoms with E-state index in [1.165, 1.54) is 12.1 Å². The van der Waals surface area contributed by atoms with Crippen molar-refractivity contribution in [3.05, 3.63) is 74.5 Å². The molecule has 0 amide bonds. The molecule has 7 nitrogen and oxygen atoms in total.